The highest BCUT2D eigenvalue weighted by molar-refractivity contribution is 6.25. The van der Waals surface area contributed by atoms with Gasteiger partial charge in [0.25, 0.3) is 11.8 Å². The largest absolute Gasteiger partial charge is 0.491 e. The molecular weight excluding hydrogens is 573 g/mol. The first-order chi connectivity index (χ1) is 19.6. The number of imide groups is 1. The number of carbonyl (C=O) groups is 2. The van der Waals surface area contributed by atoms with E-state index in [0.29, 0.717) is 30.8 Å². The number of amides is 2. The van der Waals surface area contributed by atoms with Crippen molar-refractivity contribution in [2.75, 3.05) is 52.4 Å². The fourth-order valence-corrected chi connectivity index (χ4v) is 5.64. The molecule has 220 valence electrons. The van der Waals surface area contributed by atoms with Crippen LogP contribution in [0, 0.1) is 0 Å². The van der Waals surface area contributed by atoms with Gasteiger partial charge in [0.1, 0.15) is 18.5 Å². The second-order valence-corrected chi connectivity index (χ2v) is 10.5. The summed E-state index contributed by atoms with van der Waals surface area (Å²) in [4.78, 5) is 32.2. The van der Waals surface area contributed by atoms with Crippen molar-refractivity contribution >= 4 is 47.4 Å². The third-order valence-electron chi connectivity index (χ3n) is 7.83. The number of aliphatic hydroxyl groups excluding tert-OH is 1. The van der Waals surface area contributed by atoms with Gasteiger partial charge in [-0.2, -0.15) is 0 Å². The van der Waals surface area contributed by atoms with Crippen molar-refractivity contribution < 1.29 is 19.4 Å². The summed E-state index contributed by atoms with van der Waals surface area (Å²) in [6.07, 6.45) is -0.591. The number of halogens is 2. The summed E-state index contributed by atoms with van der Waals surface area (Å²) in [5, 5.41) is 12.3. The van der Waals surface area contributed by atoms with Crippen molar-refractivity contribution in [1.82, 2.24) is 14.7 Å². The fraction of sp³-hybridized carbons (Fsp3) is 0.273. The Labute approximate surface area is 258 Å². The van der Waals surface area contributed by atoms with E-state index in [2.05, 4.69) is 21.9 Å². The molecule has 0 spiro atoms. The Hall–Kier alpha value is -3.46. The molecule has 1 N–H and O–H groups in total. The molecule has 2 aliphatic heterocycles. The topological polar surface area (TPSA) is 73.3 Å². The molecule has 7 nitrogen and oxygen atoms in total. The van der Waals surface area contributed by atoms with Gasteiger partial charge in [0.05, 0.1) is 0 Å². The fourth-order valence-electron chi connectivity index (χ4n) is 5.64. The number of benzene rings is 4. The molecule has 42 heavy (non-hydrogen) atoms. The summed E-state index contributed by atoms with van der Waals surface area (Å²) in [6, 6.07) is 29.3. The Bertz CT molecular complexity index is 1460. The van der Waals surface area contributed by atoms with Gasteiger partial charge in [-0.05, 0) is 40.8 Å². The van der Waals surface area contributed by atoms with E-state index in [0.717, 1.165) is 53.8 Å². The minimum Gasteiger partial charge on any atom is -0.491 e. The maximum absolute atomic E-state index is 13.1. The lowest BCUT2D eigenvalue weighted by molar-refractivity contribution is 0.0416. The highest BCUT2D eigenvalue weighted by atomic mass is 35.5. The van der Waals surface area contributed by atoms with Gasteiger partial charge in [-0.3, -0.25) is 24.3 Å². The summed E-state index contributed by atoms with van der Waals surface area (Å²) < 4.78 is 5.84. The van der Waals surface area contributed by atoms with Crippen molar-refractivity contribution in [3.05, 3.63) is 102 Å². The second-order valence-electron chi connectivity index (χ2n) is 10.5. The van der Waals surface area contributed by atoms with Crippen LogP contribution in [0.3, 0.4) is 0 Å². The molecule has 2 aliphatic rings. The Morgan fingerprint density at radius 2 is 1.24 bits per heavy atom. The van der Waals surface area contributed by atoms with Crippen LogP contribution in [0.4, 0.5) is 0 Å². The zero-order valence-electron chi connectivity index (χ0n) is 23.2. The van der Waals surface area contributed by atoms with Gasteiger partial charge in [0.15, 0.2) is 0 Å². The minimum absolute atomic E-state index is 0. The molecule has 9 heteroatoms. The Morgan fingerprint density at radius 3 is 1.86 bits per heavy atom. The van der Waals surface area contributed by atoms with Crippen LogP contribution in [0.15, 0.2) is 91.0 Å². The third kappa shape index (κ3) is 6.77. The molecule has 0 aromatic heterocycles. The molecule has 0 saturated carbocycles. The normalized spacial score (nSPS) is 16.1. The van der Waals surface area contributed by atoms with Gasteiger partial charge in [-0.1, -0.05) is 66.7 Å². The van der Waals surface area contributed by atoms with Crippen molar-refractivity contribution in [2.45, 2.75) is 6.10 Å². The number of aliphatic hydroxyl groups is 1. The van der Waals surface area contributed by atoms with E-state index in [1.807, 2.05) is 66.7 Å². The molecule has 0 radical (unpaired) electrons. The summed E-state index contributed by atoms with van der Waals surface area (Å²) in [6.45, 7) is 5.03. The molecule has 2 amide bonds. The minimum atomic E-state index is -0.591. The van der Waals surface area contributed by atoms with E-state index >= 15 is 0 Å². The Kier molecular flexibility index (Phi) is 10.6. The van der Waals surface area contributed by atoms with Crippen LogP contribution >= 0.6 is 24.8 Å². The number of hydrogen-bond acceptors (Lipinski definition) is 6. The molecule has 4 aromatic carbocycles. The first kappa shape index (κ1) is 31.5. The quantitative estimate of drug-likeness (QED) is 0.270. The number of carbonyl (C=O) groups excluding carboxylic acids is 2. The molecule has 6 rings (SSSR count). The molecule has 4 aromatic rings. The lowest BCUT2D eigenvalue weighted by Crippen LogP contribution is -2.51. The number of hydrogen-bond donors (Lipinski definition) is 1. The predicted octanol–water partition coefficient (Wildman–Crippen LogP) is 5.00. The lowest BCUT2D eigenvalue weighted by atomic mass is 9.94. The van der Waals surface area contributed by atoms with Crippen LogP contribution in [-0.4, -0.2) is 90.1 Å². The van der Waals surface area contributed by atoms with Crippen molar-refractivity contribution in [3.8, 4) is 16.9 Å². The zero-order valence-corrected chi connectivity index (χ0v) is 24.9. The molecule has 1 saturated heterocycles. The first-order valence-corrected chi connectivity index (χ1v) is 13.9. The van der Waals surface area contributed by atoms with Crippen LogP contribution in [0.2, 0.25) is 0 Å². The second kappa shape index (κ2) is 14.1. The molecule has 0 bridgehead atoms. The van der Waals surface area contributed by atoms with Crippen LogP contribution in [0.1, 0.15) is 20.7 Å². The van der Waals surface area contributed by atoms with Crippen LogP contribution in [0.25, 0.3) is 21.9 Å². The smallest absolute Gasteiger partial charge is 0.261 e. The first-order valence-electron chi connectivity index (χ1n) is 13.9. The van der Waals surface area contributed by atoms with Crippen molar-refractivity contribution in [1.29, 1.82) is 0 Å². The lowest BCUT2D eigenvalue weighted by Gasteiger charge is -2.36. The van der Waals surface area contributed by atoms with Crippen molar-refractivity contribution in [3.63, 3.8) is 0 Å². The van der Waals surface area contributed by atoms with Gasteiger partial charge in [0.2, 0.25) is 0 Å². The Balaban J connectivity index is 0.00000202. The van der Waals surface area contributed by atoms with Gasteiger partial charge < -0.3 is 9.84 Å². The van der Waals surface area contributed by atoms with E-state index in [4.69, 9.17) is 4.74 Å². The van der Waals surface area contributed by atoms with E-state index in [1.54, 1.807) is 12.1 Å². The molecule has 0 aliphatic carbocycles. The number of ether oxygens (including phenoxy) is 1. The number of rotatable bonds is 9. The number of nitrogens with zero attached hydrogens (tertiary/aromatic N) is 3. The van der Waals surface area contributed by atoms with Crippen LogP contribution in [0.5, 0.6) is 5.75 Å². The number of β-amino-alcohol motifs (C(OH)–C–C–N with tert-alkyl or cyclic N) is 1. The van der Waals surface area contributed by atoms with Gasteiger partial charge in [-0.15, -0.1) is 24.8 Å². The molecule has 1 atom stereocenters. The van der Waals surface area contributed by atoms with Gasteiger partial charge in [0, 0.05) is 62.3 Å². The monoisotopic (exact) mass is 607 g/mol. The van der Waals surface area contributed by atoms with Crippen LogP contribution in [-0.2, 0) is 0 Å². The summed E-state index contributed by atoms with van der Waals surface area (Å²) >= 11 is 0. The maximum atomic E-state index is 13.1. The van der Waals surface area contributed by atoms with E-state index in [1.165, 1.54) is 4.90 Å². The Morgan fingerprint density at radius 1 is 0.667 bits per heavy atom. The molecule has 1 unspecified atom stereocenters. The summed E-state index contributed by atoms with van der Waals surface area (Å²) in [7, 11) is 0. The summed E-state index contributed by atoms with van der Waals surface area (Å²) in [5.74, 6) is 0.306. The predicted molar refractivity (Wildman–Crippen MR) is 170 cm³/mol. The standard InChI is InChI=1S/C33H33N3O4.2ClH/c37-27(23-40-28-14-12-25(13-15-28)24-6-2-1-3-7-24)22-35-18-16-34(17-19-35)20-21-36-32(38)29-10-4-8-26-9-5-11-30(31(26)29)33(36)39;;/h1-15,27,37H,16-23H2;2*1H. The van der Waals surface area contributed by atoms with E-state index in [-0.39, 0.29) is 43.2 Å². The average Bonchev–Trinajstić information content (AvgIpc) is 3.00. The highest BCUT2D eigenvalue weighted by Crippen LogP contribution is 2.30. The van der Waals surface area contributed by atoms with E-state index in [9.17, 15) is 14.7 Å². The van der Waals surface area contributed by atoms with E-state index < -0.39 is 6.10 Å². The van der Waals surface area contributed by atoms with Crippen LogP contribution < -0.4 is 4.74 Å². The zero-order chi connectivity index (χ0) is 27.5. The maximum Gasteiger partial charge on any atom is 0.261 e. The highest BCUT2D eigenvalue weighted by Gasteiger charge is 2.33. The van der Waals surface area contributed by atoms with Crippen molar-refractivity contribution in [2.24, 2.45) is 0 Å². The van der Waals surface area contributed by atoms with Gasteiger partial charge in [-0.25, -0.2) is 0 Å². The average molecular weight is 609 g/mol. The number of piperazine rings is 1. The molecule has 1 fully saturated rings. The molecular formula is C33H35Cl2N3O4. The molecule has 2 heterocycles. The van der Waals surface area contributed by atoms with Gasteiger partial charge >= 0.3 is 0 Å². The SMILES string of the molecule is Cl.Cl.O=C1c2cccc3cccc(c23)C(=O)N1CCN1CCN(CC(O)COc2ccc(-c3ccccc3)cc2)CC1. The summed E-state index contributed by atoms with van der Waals surface area (Å²) in [5.41, 5.74) is 3.48. The third-order valence-corrected chi connectivity index (χ3v) is 7.83.